The summed E-state index contributed by atoms with van der Waals surface area (Å²) in [6.07, 6.45) is 6.45. The first kappa shape index (κ1) is 12.8. The van der Waals surface area contributed by atoms with Gasteiger partial charge in [-0.1, -0.05) is 0 Å². The molecule has 0 aromatic carbocycles. The molecule has 5 nitrogen and oxygen atoms in total. The normalized spacial score (nSPS) is 10.3. The Morgan fingerprint density at radius 3 is 2.61 bits per heavy atom. The Bertz CT molecular complexity index is 457. The lowest BCUT2D eigenvalue weighted by Crippen LogP contribution is -2.08. The Morgan fingerprint density at radius 2 is 1.94 bits per heavy atom. The van der Waals surface area contributed by atoms with Gasteiger partial charge in [-0.3, -0.25) is 0 Å². The highest BCUT2D eigenvalue weighted by Crippen LogP contribution is 2.08. The molecule has 0 spiro atoms. The van der Waals surface area contributed by atoms with Gasteiger partial charge in [0.15, 0.2) is 0 Å². The van der Waals surface area contributed by atoms with E-state index in [1.54, 1.807) is 6.33 Å². The van der Waals surface area contributed by atoms with Crippen molar-refractivity contribution in [3.05, 3.63) is 36.4 Å². The van der Waals surface area contributed by atoms with Crippen LogP contribution in [0.3, 0.4) is 0 Å². The summed E-state index contributed by atoms with van der Waals surface area (Å²) in [7, 11) is 0. The van der Waals surface area contributed by atoms with Crippen LogP contribution in [0.15, 0.2) is 30.9 Å². The molecule has 0 fully saturated rings. The van der Waals surface area contributed by atoms with Gasteiger partial charge in [0.2, 0.25) is 0 Å². The zero-order chi connectivity index (χ0) is 12.6. The zero-order valence-electron chi connectivity index (χ0n) is 10.1. The van der Waals surface area contributed by atoms with Crippen molar-refractivity contribution in [3.8, 4) is 0 Å². The molecule has 18 heavy (non-hydrogen) atoms. The highest BCUT2D eigenvalue weighted by atomic mass is 32.1. The number of hydrogen-bond acceptors (Lipinski definition) is 5. The Balaban J connectivity index is 1.81. The van der Waals surface area contributed by atoms with Crippen LogP contribution in [0, 0.1) is 0 Å². The summed E-state index contributed by atoms with van der Waals surface area (Å²) in [5.41, 5.74) is 1.28. The summed E-state index contributed by atoms with van der Waals surface area (Å²) in [5, 5.41) is 6.44. The number of anilines is 2. The molecule has 0 radical (unpaired) electrons. The van der Waals surface area contributed by atoms with E-state index in [1.165, 1.54) is 5.56 Å². The largest absolute Gasteiger partial charge is 0.370 e. The molecule has 0 unspecified atom stereocenters. The van der Waals surface area contributed by atoms with Gasteiger partial charge in [-0.2, -0.15) is 12.6 Å². The standard InChI is InChI=1S/C12H17N5S/c18-6-5-15-12-7-11(16-9-17-12)14-4-2-10-1-3-13-8-10/h1,3,7-9,13,18H,2,4-6H2,(H2,14,15,16,17). The summed E-state index contributed by atoms with van der Waals surface area (Å²) >= 11 is 4.14. The number of nitrogens with zero attached hydrogens (tertiary/aromatic N) is 2. The minimum atomic E-state index is 0.778. The highest BCUT2D eigenvalue weighted by molar-refractivity contribution is 7.80. The van der Waals surface area contributed by atoms with Crippen molar-refractivity contribution in [1.29, 1.82) is 0 Å². The number of H-pyrrole nitrogens is 1. The minimum absolute atomic E-state index is 0.778. The minimum Gasteiger partial charge on any atom is -0.370 e. The highest BCUT2D eigenvalue weighted by Gasteiger charge is 1.98. The lowest BCUT2D eigenvalue weighted by molar-refractivity contribution is 0.999. The van der Waals surface area contributed by atoms with E-state index in [1.807, 2.05) is 18.5 Å². The predicted octanol–water partition coefficient (Wildman–Crippen LogP) is 1.80. The van der Waals surface area contributed by atoms with Crippen LogP contribution in [-0.4, -0.2) is 33.8 Å². The molecule has 2 aromatic rings. The van der Waals surface area contributed by atoms with E-state index < -0.39 is 0 Å². The van der Waals surface area contributed by atoms with Crippen molar-refractivity contribution in [3.63, 3.8) is 0 Å². The van der Waals surface area contributed by atoms with Crippen molar-refractivity contribution >= 4 is 24.3 Å². The van der Waals surface area contributed by atoms with Gasteiger partial charge < -0.3 is 15.6 Å². The Morgan fingerprint density at radius 1 is 1.17 bits per heavy atom. The van der Waals surface area contributed by atoms with Gasteiger partial charge in [-0.05, 0) is 18.1 Å². The lowest BCUT2D eigenvalue weighted by Gasteiger charge is -2.07. The number of nitrogens with one attached hydrogen (secondary N) is 3. The Kier molecular flexibility index (Phi) is 4.89. The van der Waals surface area contributed by atoms with Crippen LogP contribution < -0.4 is 10.6 Å². The van der Waals surface area contributed by atoms with E-state index in [0.717, 1.165) is 36.9 Å². The molecule has 0 atom stereocenters. The van der Waals surface area contributed by atoms with E-state index in [-0.39, 0.29) is 0 Å². The van der Waals surface area contributed by atoms with Gasteiger partial charge in [-0.15, -0.1) is 0 Å². The van der Waals surface area contributed by atoms with E-state index in [9.17, 15) is 0 Å². The van der Waals surface area contributed by atoms with Gasteiger partial charge in [-0.25, -0.2) is 9.97 Å². The maximum atomic E-state index is 4.18. The molecule has 0 saturated carbocycles. The second-order valence-corrected chi connectivity index (χ2v) is 4.28. The molecule has 2 heterocycles. The Labute approximate surface area is 112 Å². The van der Waals surface area contributed by atoms with Crippen LogP contribution in [-0.2, 0) is 6.42 Å². The van der Waals surface area contributed by atoms with E-state index >= 15 is 0 Å². The molecular formula is C12H17N5S. The average molecular weight is 263 g/mol. The van der Waals surface area contributed by atoms with Crippen molar-refractivity contribution in [1.82, 2.24) is 15.0 Å². The first-order valence-corrected chi connectivity index (χ1v) is 6.54. The molecule has 2 rings (SSSR count). The van der Waals surface area contributed by atoms with E-state index in [0.29, 0.717) is 0 Å². The number of thiol groups is 1. The Hall–Kier alpha value is -1.69. The summed E-state index contributed by atoms with van der Waals surface area (Å²) in [6, 6.07) is 3.97. The van der Waals surface area contributed by atoms with Gasteiger partial charge in [0.05, 0.1) is 0 Å². The third kappa shape index (κ3) is 3.96. The molecule has 6 heteroatoms. The number of hydrogen-bond donors (Lipinski definition) is 4. The fourth-order valence-electron chi connectivity index (χ4n) is 1.58. The molecule has 2 aromatic heterocycles. The molecular weight excluding hydrogens is 246 g/mol. The molecule has 0 bridgehead atoms. The first-order chi connectivity index (χ1) is 8.88. The second kappa shape index (κ2) is 6.90. The van der Waals surface area contributed by atoms with Gasteiger partial charge in [0, 0.05) is 37.3 Å². The smallest absolute Gasteiger partial charge is 0.131 e. The van der Waals surface area contributed by atoms with Crippen LogP contribution in [0.4, 0.5) is 11.6 Å². The average Bonchev–Trinajstić information content (AvgIpc) is 2.90. The number of aromatic nitrogens is 3. The summed E-state index contributed by atoms with van der Waals surface area (Å²) in [4.78, 5) is 11.4. The second-order valence-electron chi connectivity index (χ2n) is 3.83. The molecule has 0 aliphatic heterocycles. The van der Waals surface area contributed by atoms with Crippen LogP contribution in [0.25, 0.3) is 0 Å². The van der Waals surface area contributed by atoms with E-state index in [4.69, 9.17) is 0 Å². The third-order valence-corrected chi connectivity index (χ3v) is 2.69. The van der Waals surface area contributed by atoms with Gasteiger partial charge in [0.25, 0.3) is 0 Å². The van der Waals surface area contributed by atoms with E-state index in [2.05, 4.69) is 44.3 Å². The monoisotopic (exact) mass is 263 g/mol. The van der Waals surface area contributed by atoms with Crippen molar-refractivity contribution < 1.29 is 0 Å². The van der Waals surface area contributed by atoms with Crippen LogP contribution in [0.1, 0.15) is 5.56 Å². The summed E-state index contributed by atoms with van der Waals surface area (Å²) in [5.74, 6) is 2.44. The van der Waals surface area contributed by atoms with Crippen molar-refractivity contribution in [2.75, 3.05) is 29.5 Å². The number of aromatic amines is 1. The van der Waals surface area contributed by atoms with Crippen LogP contribution in [0.2, 0.25) is 0 Å². The first-order valence-electron chi connectivity index (χ1n) is 5.91. The van der Waals surface area contributed by atoms with Gasteiger partial charge >= 0.3 is 0 Å². The molecule has 0 amide bonds. The molecule has 0 aliphatic carbocycles. The van der Waals surface area contributed by atoms with Gasteiger partial charge in [0.1, 0.15) is 18.0 Å². The third-order valence-electron chi connectivity index (χ3n) is 2.47. The van der Waals surface area contributed by atoms with Crippen molar-refractivity contribution in [2.45, 2.75) is 6.42 Å². The molecule has 96 valence electrons. The fourth-order valence-corrected chi connectivity index (χ4v) is 1.70. The molecule has 0 aliphatic rings. The molecule has 3 N–H and O–H groups in total. The topological polar surface area (TPSA) is 65.6 Å². The maximum absolute atomic E-state index is 4.18. The SMILES string of the molecule is SCCNc1cc(NCCc2cc[nH]c2)ncn1. The van der Waals surface area contributed by atoms with Crippen LogP contribution >= 0.6 is 12.6 Å². The van der Waals surface area contributed by atoms with Crippen LogP contribution in [0.5, 0.6) is 0 Å². The number of rotatable bonds is 7. The van der Waals surface area contributed by atoms with Crippen molar-refractivity contribution in [2.24, 2.45) is 0 Å². The maximum Gasteiger partial charge on any atom is 0.131 e. The lowest BCUT2D eigenvalue weighted by atomic mass is 10.2. The fraction of sp³-hybridized carbons (Fsp3) is 0.333. The quantitative estimate of drug-likeness (QED) is 0.575. The zero-order valence-corrected chi connectivity index (χ0v) is 11.0. The predicted molar refractivity (Wildman–Crippen MR) is 77.4 cm³/mol. The summed E-state index contributed by atoms with van der Waals surface area (Å²) in [6.45, 7) is 1.64. The molecule has 0 saturated heterocycles. The summed E-state index contributed by atoms with van der Waals surface area (Å²) < 4.78 is 0.